The molecule has 4 aromatic rings. The van der Waals surface area contributed by atoms with E-state index in [1.54, 1.807) is 36.5 Å². The molecular weight excluding hydrogens is 360 g/mol. The van der Waals surface area contributed by atoms with Crippen LogP contribution in [-0.2, 0) is 16.4 Å². The molecule has 1 atom stereocenters. The molecule has 0 radical (unpaired) electrons. The van der Waals surface area contributed by atoms with Crippen molar-refractivity contribution < 1.29 is 8.42 Å². The van der Waals surface area contributed by atoms with Crippen LogP contribution in [0.3, 0.4) is 0 Å². The molecule has 0 spiro atoms. The quantitative estimate of drug-likeness (QED) is 0.531. The first kappa shape index (κ1) is 17.5. The number of hydrogen-bond acceptors (Lipinski definition) is 4. The molecule has 0 saturated heterocycles. The second-order valence-corrected chi connectivity index (χ2v) is 8.43. The Kier molecular flexibility index (Phi) is 4.31. The lowest BCUT2D eigenvalue weighted by Crippen LogP contribution is -2.19. The minimum Gasteiger partial charge on any atom is -0.270 e. The lowest BCUT2D eigenvalue weighted by Gasteiger charge is -2.14. The van der Waals surface area contributed by atoms with Crippen molar-refractivity contribution >= 4 is 21.1 Å². The molecule has 0 saturated carbocycles. The zero-order chi connectivity index (χ0) is 19.0. The number of aromatic nitrogens is 4. The Morgan fingerprint density at radius 2 is 1.78 bits per heavy atom. The van der Waals surface area contributed by atoms with E-state index in [2.05, 4.69) is 10.1 Å². The first-order valence-corrected chi connectivity index (χ1v) is 10.2. The van der Waals surface area contributed by atoms with Gasteiger partial charge in [0.25, 0.3) is 10.0 Å². The fraction of sp³-hybridized carbons (Fsp3) is 0.200. The van der Waals surface area contributed by atoms with Crippen molar-refractivity contribution in [2.75, 3.05) is 0 Å². The Morgan fingerprint density at radius 1 is 1.04 bits per heavy atom. The summed E-state index contributed by atoms with van der Waals surface area (Å²) < 4.78 is 30.0. The lowest BCUT2D eigenvalue weighted by atomic mass is 10.2. The molecule has 0 aliphatic rings. The number of rotatable bonds is 5. The monoisotopic (exact) mass is 380 g/mol. The van der Waals surface area contributed by atoms with Crippen molar-refractivity contribution in [2.45, 2.75) is 31.2 Å². The molecule has 2 aromatic heterocycles. The second-order valence-electron chi connectivity index (χ2n) is 6.64. The van der Waals surface area contributed by atoms with Gasteiger partial charge in [0, 0.05) is 18.8 Å². The van der Waals surface area contributed by atoms with Crippen molar-refractivity contribution in [1.82, 2.24) is 18.7 Å². The van der Waals surface area contributed by atoms with Gasteiger partial charge in [0.05, 0.1) is 22.0 Å². The van der Waals surface area contributed by atoms with Gasteiger partial charge in [-0.2, -0.15) is 5.10 Å². The molecule has 0 fully saturated rings. The summed E-state index contributed by atoms with van der Waals surface area (Å²) in [7, 11) is -3.76. The molecule has 0 aliphatic heterocycles. The van der Waals surface area contributed by atoms with Gasteiger partial charge in [0.1, 0.15) is 5.82 Å². The zero-order valence-corrected chi connectivity index (χ0v) is 16.0. The Morgan fingerprint density at radius 3 is 2.48 bits per heavy atom. The van der Waals surface area contributed by atoms with E-state index < -0.39 is 10.0 Å². The van der Waals surface area contributed by atoms with E-state index in [4.69, 9.17) is 0 Å². The first-order valence-electron chi connectivity index (χ1n) is 8.74. The van der Waals surface area contributed by atoms with Crippen LogP contribution in [0.4, 0.5) is 0 Å². The van der Waals surface area contributed by atoms with Gasteiger partial charge in [0.2, 0.25) is 0 Å². The SMILES string of the molecule is Cc1ccc(S(=O)(=O)n2c(C[C@H](C)n3cccn3)nc3ccccc32)cc1. The summed E-state index contributed by atoms with van der Waals surface area (Å²) in [6.07, 6.45) is 4.02. The molecule has 0 bridgehead atoms. The smallest absolute Gasteiger partial charge is 0.269 e. The van der Waals surface area contributed by atoms with Crippen LogP contribution in [0.15, 0.2) is 71.9 Å². The van der Waals surface area contributed by atoms with Gasteiger partial charge in [-0.3, -0.25) is 4.68 Å². The van der Waals surface area contributed by atoms with Crippen LogP contribution in [-0.4, -0.2) is 27.2 Å². The van der Waals surface area contributed by atoms with Gasteiger partial charge in [-0.05, 0) is 44.2 Å². The molecule has 0 N–H and O–H groups in total. The molecule has 6 nitrogen and oxygen atoms in total. The molecule has 7 heteroatoms. The Labute approximate surface area is 158 Å². The molecule has 27 heavy (non-hydrogen) atoms. The van der Waals surface area contributed by atoms with E-state index in [1.165, 1.54) is 3.97 Å². The van der Waals surface area contributed by atoms with Crippen LogP contribution >= 0.6 is 0 Å². The molecular formula is C20H20N4O2S. The summed E-state index contributed by atoms with van der Waals surface area (Å²) in [5, 5.41) is 4.26. The van der Waals surface area contributed by atoms with Gasteiger partial charge >= 0.3 is 0 Å². The third kappa shape index (κ3) is 3.14. The van der Waals surface area contributed by atoms with Gasteiger partial charge in [-0.25, -0.2) is 17.4 Å². The van der Waals surface area contributed by atoms with E-state index in [0.717, 1.165) is 5.56 Å². The maximum absolute atomic E-state index is 13.4. The van der Waals surface area contributed by atoms with Gasteiger partial charge < -0.3 is 0 Å². The Bertz CT molecular complexity index is 1180. The highest BCUT2D eigenvalue weighted by Crippen LogP contribution is 2.25. The first-order chi connectivity index (χ1) is 13.0. The van der Waals surface area contributed by atoms with E-state index in [9.17, 15) is 8.42 Å². The molecule has 4 rings (SSSR count). The second kappa shape index (κ2) is 6.66. The van der Waals surface area contributed by atoms with Crippen LogP contribution in [0.25, 0.3) is 11.0 Å². The summed E-state index contributed by atoms with van der Waals surface area (Å²) in [6, 6.07) is 16.0. The average molecular weight is 380 g/mol. The highest BCUT2D eigenvalue weighted by atomic mass is 32.2. The summed E-state index contributed by atoms with van der Waals surface area (Å²) in [6.45, 7) is 3.93. The minimum absolute atomic E-state index is 0.0243. The summed E-state index contributed by atoms with van der Waals surface area (Å²) in [5.41, 5.74) is 2.26. The van der Waals surface area contributed by atoms with Crippen molar-refractivity contribution in [3.05, 3.63) is 78.4 Å². The molecule has 2 aromatic carbocycles. The van der Waals surface area contributed by atoms with Gasteiger partial charge in [-0.1, -0.05) is 29.8 Å². The number of aryl methyl sites for hydroxylation is 1. The van der Waals surface area contributed by atoms with E-state index in [0.29, 0.717) is 23.3 Å². The van der Waals surface area contributed by atoms with Crippen LogP contribution in [0.5, 0.6) is 0 Å². The van der Waals surface area contributed by atoms with Crippen LogP contribution in [0.1, 0.15) is 24.4 Å². The molecule has 2 heterocycles. The highest BCUT2D eigenvalue weighted by Gasteiger charge is 2.25. The van der Waals surface area contributed by atoms with Crippen molar-refractivity contribution in [3.63, 3.8) is 0 Å². The van der Waals surface area contributed by atoms with Gasteiger partial charge in [-0.15, -0.1) is 0 Å². The number of hydrogen-bond donors (Lipinski definition) is 0. The average Bonchev–Trinajstić information content (AvgIpc) is 3.30. The maximum atomic E-state index is 13.4. The Hall–Kier alpha value is -2.93. The van der Waals surface area contributed by atoms with Crippen LogP contribution < -0.4 is 0 Å². The summed E-state index contributed by atoms with van der Waals surface area (Å²) >= 11 is 0. The molecule has 0 amide bonds. The van der Waals surface area contributed by atoms with Crippen molar-refractivity contribution in [1.29, 1.82) is 0 Å². The minimum atomic E-state index is -3.76. The molecule has 138 valence electrons. The topological polar surface area (TPSA) is 69.8 Å². The third-order valence-corrected chi connectivity index (χ3v) is 6.35. The predicted molar refractivity (Wildman–Crippen MR) is 104 cm³/mol. The summed E-state index contributed by atoms with van der Waals surface area (Å²) in [4.78, 5) is 4.87. The fourth-order valence-electron chi connectivity index (χ4n) is 3.17. The largest absolute Gasteiger partial charge is 0.270 e. The van der Waals surface area contributed by atoms with E-state index >= 15 is 0 Å². The van der Waals surface area contributed by atoms with Crippen LogP contribution in [0.2, 0.25) is 0 Å². The summed E-state index contributed by atoms with van der Waals surface area (Å²) in [5.74, 6) is 0.500. The number of fused-ring (bicyclic) bond motifs is 1. The zero-order valence-electron chi connectivity index (χ0n) is 15.1. The molecule has 0 unspecified atom stereocenters. The maximum Gasteiger partial charge on any atom is 0.269 e. The van der Waals surface area contributed by atoms with E-state index in [1.807, 2.05) is 49.0 Å². The lowest BCUT2D eigenvalue weighted by molar-refractivity contribution is 0.477. The number of nitrogens with zero attached hydrogens (tertiary/aromatic N) is 4. The Balaban J connectivity index is 1.86. The molecule has 0 aliphatic carbocycles. The predicted octanol–water partition coefficient (Wildman–Crippen LogP) is 3.58. The van der Waals surface area contributed by atoms with Crippen molar-refractivity contribution in [3.8, 4) is 0 Å². The number of para-hydroxylation sites is 2. The third-order valence-electron chi connectivity index (χ3n) is 4.60. The number of imidazole rings is 1. The number of benzene rings is 2. The fourth-order valence-corrected chi connectivity index (χ4v) is 4.66. The highest BCUT2D eigenvalue weighted by molar-refractivity contribution is 7.90. The van der Waals surface area contributed by atoms with Crippen molar-refractivity contribution in [2.24, 2.45) is 0 Å². The van der Waals surface area contributed by atoms with Crippen LogP contribution in [0, 0.1) is 6.92 Å². The van der Waals surface area contributed by atoms with Gasteiger partial charge in [0.15, 0.2) is 0 Å². The normalized spacial score (nSPS) is 13.1. The standard InChI is InChI=1S/C20H20N4O2S/c1-15-8-10-17(11-9-15)27(25,26)24-19-7-4-3-6-18(19)22-20(24)14-16(2)23-13-5-12-21-23/h3-13,16H,14H2,1-2H3/t16-/m0/s1. The van der Waals surface area contributed by atoms with E-state index in [-0.39, 0.29) is 10.9 Å².